The highest BCUT2D eigenvalue weighted by molar-refractivity contribution is 6.32. The van der Waals surface area contributed by atoms with E-state index < -0.39 is 11.7 Å². The molecule has 0 aliphatic carbocycles. The number of hydrogen-bond acceptors (Lipinski definition) is 5. The van der Waals surface area contributed by atoms with Crippen LogP contribution in [-0.2, 0) is 18.2 Å². The quantitative estimate of drug-likeness (QED) is 0.212. The summed E-state index contributed by atoms with van der Waals surface area (Å²) in [6.07, 6.45) is 3.78. The molecule has 195 valence electrons. The zero-order chi connectivity index (χ0) is 27.2. The van der Waals surface area contributed by atoms with Gasteiger partial charge in [-0.15, -0.1) is 0 Å². The van der Waals surface area contributed by atoms with Gasteiger partial charge < -0.3 is 24.9 Å². The van der Waals surface area contributed by atoms with Crippen molar-refractivity contribution in [1.29, 1.82) is 0 Å². The number of rotatable bonds is 7. The Morgan fingerprint density at radius 1 is 1.22 bits per heavy atom. The maximum absolute atomic E-state index is 12.0. The first-order valence-corrected chi connectivity index (χ1v) is 12.5. The summed E-state index contributed by atoms with van der Waals surface area (Å²) in [4.78, 5) is 19.9. The van der Waals surface area contributed by atoms with Gasteiger partial charge in [-0.05, 0) is 63.1 Å². The van der Waals surface area contributed by atoms with Gasteiger partial charge in [0.2, 0.25) is 5.95 Å². The summed E-state index contributed by atoms with van der Waals surface area (Å²) in [6.45, 7) is 13.9. The molecule has 4 rings (SSSR count). The van der Waals surface area contributed by atoms with Crippen LogP contribution >= 0.6 is 11.6 Å². The number of H-pyrrole nitrogens is 1. The van der Waals surface area contributed by atoms with Crippen molar-refractivity contribution in [2.45, 2.75) is 46.4 Å². The molecule has 1 radical (unpaired) electrons. The Labute approximate surface area is 224 Å². The van der Waals surface area contributed by atoms with Gasteiger partial charge in [-0.2, -0.15) is 0 Å². The van der Waals surface area contributed by atoms with Crippen molar-refractivity contribution >= 4 is 58.4 Å². The van der Waals surface area contributed by atoms with Crippen molar-refractivity contribution in [3.05, 3.63) is 65.7 Å². The highest BCUT2D eigenvalue weighted by Gasteiger charge is 2.17. The van der Waals surface area contributed by atoms with Gasteiger partial charge in [0.15, 0.2) is 0 Å². The molecule has 10 heteroatoms. The van der Waals surface area contributed by atoms with Gasteiger partial charge in [0.1, 0.15) is 18.7 Å². The first-order valence-electron chi connectivity index (χ1n) is 12.2. The van der Waals surface area contributed by atoms with Crippen LogP contribution < -0.4 is 16.0 Å². The number of alkyl carbamates (subject to hydrolysis) is 1. The summed E-state index contributed by atoms with van der Waals surface area (Å²) < 4.78 is 7.19. The van der Waals surface area contributed by atoms with Crippen LogP contribution in [0.25, 0.3) is 21.8 Å². The molecule has 0 bridgehead atoms. The van der Waals surface area contributed by atoms with Crippen LogP contribution in [0.4, 0.5) is 16.4 Å². The lowest BCUT2D eigenvalue weighted by Gasteiger charge is -2.20. The third-order valence-electron chi connectivity index (χ3n) is 5.21. The molecule has 1 amide bonds. The minimum Gasteiger partial charge on any atom is -0.444 e. The molecule has 2 heterocycles. The van der Waals surface area contributed by atoms with Gasteiger partial charge >= 0.3 is 6.09 Å². The number of amides is 1. The van der Waals surface area contributed by atoms with Crippen molar-refractivity contribution in [3.63, 3.8) is 0 Å². The van der Waals surface area contributed by atoms with Crippen molar-refractivity contribution in [1.82, 2.24) is 25.2 Å². The number of halogens is 1. The van der Waals surface area contributed by atoms with Crippen molar-refractivity contribution in [3.8, 4) is 0 Å². The third-order valence-corrected chi connectivity index (χ3v) is 5.45. The number of hydrogen-bond donors (Lipinski definition) is 4. The monoisotopic (exact) mass is 521 g/mol. The maximum Gasteiger partial charge on any atom is 0.413 e. The molecule has 0 saturated heterocycles. The van der Waals surface area contributed by atoms with E-state index in [1.165, 1.54) is 0 Å². The SMILES string of the molecule is C=C(NCCc1cc(Nc2nccn2C)cc2c1[nH]c1ccc(Cl)cc12)NC(=O)OC(C)(C)C.C[B]C. The molecule has 8 nitrogen and oxygen atoms in total. The maximum atomic E-state index is 12.0. The van der Waals surface area contributed by atoms with Gasteiger partial charge in [0.25, 0.3) is 0 Å². The molecule has 0 saturated carbocycles. The van der Waals surface area contributed by atoms with E-state index in [1.807, 2.05) is 77.7 Å². The normalized spacial score (nSPS) is 11.0. The van der Waals surface area contributed by atoms with Crippen LogP contribution in [0.3, 0.4) is 0 Å². The first-order chi connectivity index (χ1) is 17.5. The molecule has 0 aliphatic heterocycles. The Morgan fingerprint density at radius 2 is 1.95 bits per heavy atom. The van der Waals surface area contributed by atoms with Crippen molar-refractivity contribution in [2.24, 2.45) is 7.05 Å². The van der Waals surface area contributed by atoms with Crippen LogP contribution in [0.1, 0.15) is 26.3 Å². The minimum atomic E-state index is -0.574. The van der Waals surface area contributed by atoms with Crippen molar-refractivity contribution < 1.29 is 9.53 Å². The van der Waals surface area contributed by atoms with Gasteiger partial charge in [0.05, 0.1) is 0 Å². The van der Waals surface area contributed by atoms with Crippen LogP contribution in [0.5, 0.6) is 0 Å². The Balaban J connectivity index is 0.00000121. The Hall–Kier alpha value is -3.59. The number of imidazole rings is 1. The zero-order valence-corrected chi connectivity index (χ0v) is 23.1. The largest absolute Gasteiger partial charge is 0.444 e. The van der Waals surface area contributed by atoms with E-state index >= 15 is 0 Å². The lowest BCUT2D eigenvalue weighted by molar-refractivity contribution is 0.0542. The minimum absolute atomic E-state index is 0.385. The second-order valence-electron chi connectivity index (χ2n) is 9.72. The number of carbonyl (C=O) groups excluding carboxylic acids is 1. The van der Waals surface area contributed by atoms with E-state index in [0.717, 1.165) is 39.0 Å². The molecule has 2 aromatic heterocycles. The molecule has 0 spiro atoms. The van der Waals surface area contributed by atoms with Crippen LogP contribution in [0, 0.1) is 0 Å². The summed E-state index contributed by atoms with van der Waals surface area (Å²) in [5, 5.41) is 12.0. The topological polar surface area (TPSA) is 96.0 Å². The molecule has 0 unspecified atom stereocenters. The first kappa shape index (κ1) is 28.0. The smallest absolute Gasteiger partial charge is 0.413 e. The number of nitrogens with one attached hydrogen (secondary N) is 4. The number of aromatic amines is 1. The number of aryl methyl sites for hydroxylation is 1. The molecule has 0 fully saturated rings. The second kappa shape index (κ2) is 12.1. The Kier molecular flexibility index (Phi) is 9.16. The van der Waals surface area contributed by atoms with Gasteiger partial charge in [-0.3, -0.25) is 5.32 Å². The summed E-state index contributed by atoms with van der Waals surface area (Å²) >= 11 is 6.28. The summed E-state index contributed by atoms with van der Waals surface area (Å²) in [5.74, 6) is 1.13. The fourth-order valence-corrected chi connectivity index (χ4v) is 3.92. The summed E-state index contributed by atoms with van der Waals surface area (Å²) in [5.41, 5.74) is 3.49. The molecule has 4 N–H and O–H groups in total. The molecule has 0 atom stereocenters. The number of aromatic nitrogens is 3. The highest BCUT2D eigenvalue weighted by Crippen LogP contribution is 2.33. The molecule has 37 heavy (non-hydrogen) atoms. The van der Waals surface area contributed by atoms with Crippen molar-refractivity contribution in [2.75, 3.05) is 11.9 Å². The van der Waals surface area contributed by atoms with Gasteiger partial charge in [-0.1, -0.05) is 31.8 Å². The lowest BCUT2D eigenvalue weighted by atomic mass is 9.88. The number of anilines is 2. The van der Waals surface area contributed by atoms with Crippen LogP contribution in [0.15, 0.2) is 55.1 Å². The number of carbonyl (C=O) groups is 1. The summed E-state index contributed by atoms with van der Waals surface area (Å²) in [6, 6.07) is 10.0. The molecule has 2 aromatic carbocycles. The lowest BCUT2D eigenvalue weighted by Crippen LogP contribution is -2.36. The van der Waals surface area contributed by atoms with Gasteiger partial charge in [-0.25, -0.2) is 9.78 Å². The number of ether oxygens (including phenoxy) is 1. The number of fused-ring (bicyclic) bond motifs is 3. The second-order valence-corrected chi connectivity index (χ2v) is 10.2. The van der Waals surface area contributed by atoms with E-state index in [4.69, 9.17) is 16.3 Å². The van der Waals surface area contributed by atoms with E-state index in [9.17, 15) is 4.79 Å². The fraction of sp³-hybridized carbons (Fsp3) is 0.333. The predicted octanol–water partition coefficient (Wildman–Crippen LogP) is 6.37. The summed E-state index contributed by atoms with van der Waals surface area (Å²) in [7, 11) is 3.94. The van der Waals surface area contributed by atoms with E-state index in [2.05, 4.69) is 44.6 Å². The zero-order valence-electron chi connectivity index (χ0n) is 22.3. The van der Waals surface area contributed by atoms with E-state index in [1.54, 1.807) is 6.20 Å². The average molecular weight is 522 g/mol. The molecular formula is C27H35BClN6O2. The Morgan fingerprint density at radius 3 is 2.59 bits per heavy atom. The molecule has 4 aromatic rings. The third kappa shape index (κ3) is 7.70. The average Bonchev–Trinajstić information content (AvgIpc) is 3.36. The molecular weight excluding hydrogens is 487 g/mol. The van der Waals surface area contributed by atoms with E-state index in [-0.39, 0.29) is 0 Å². The Bertz CT molecular complexity index is 1390. The molecule has 0 aliphatic rings. The fourth-order valence-electron chi connectivity index (χ4n) is 3.75. The predicted molar refractivity (Wildman–Crippen MR) is 155 cm³/mol. The standard InChI is InChI=1S/C25H29ClN6O2.C2H6B/c1-15(29-24(33)34-25(2,3)4)27-9-8-16-12-18(30-23-28-10-11-32(23)5)14-20-19-13-17(26)6-7-21(19)31-22(16)20;1-3-2/h6-7,10-14,27,31H,1,8-9H2,2-5H3,(H,28,30)(H,29,33);1-2H3. The van der Waals surface area contributed by atoms with Gasteiger partial charge in [0, 0.05) is 58.5 Å². The highest BCUT2D eigenvalue weighted by atomic mass is 35.5. The van der Waals surface area contributed by atoms with Crippen LogP contribution in [-0.4, -0.2) is 40.1 Å². The number of nitrogens with zero attached hydrogens (tertiary/aromatic N) is 2. The van der Waals surface area contributed by atoms with Crippen LogP contribution in [0.2, 0.25) is 18.7 Å². The number of benzene rings is 2. The van der Waals surface area contributed by atoms with E-state index in [0.29, 0.717) is 23.8 Å².